The number of nitrogen functional groups attached to an aromatic ring is 1. The fraction of sp³-hybridized carbons (Fsp3) is 0.538. The second-order valence-corrected chi connectivity index (χ2v) is 5.07. The molecule has 1 aromatic rings. The first kappa shape index (κ1) is 14.1. The molecule has 0 radical (unpaired) electrons. The minimum atomic E-state index is -0.221. The van der Waals surface area contributed by atoms with E-state index in [1.165, 1.54) is 12.3 Å². The molecule has 2 atom stereocenters. The van der Waals surface area contributed by atoms with E-state index in [1.807, 2.05) is 0 Å². The Morgan fingerprint density at radius 3 is 3.21 bits per heavy atom. The number of aromatic nitrogens is 1. The molecule has 1 saturated heterocycles. The van der Waals surface area contributed by atoms with E-state index in [0.717, 1.165) is 19.4 Å². The average molecular weight is 284 g/mol. The van der Waals surface area contributed by atoms with E-state index in [2.05, 4.69) is 17.2 Å². The largest absolute Gasteiger partial charge is 0.384 e. The number of ether oxygens (including phenoxy) is 1. The van der Waals surface area contributed by atoms with Gasteiger partial charge < -0.3 is 15.8 Å². The van der Waals surface area contributed by atoms with Crippen LogP contribution in [0.15, 0.2) is 12.3 Å². The van der Waals surface area contributed by atoms with Crippen molar-refractivity contribution in [3.05, 3.63) is 22.8 Å². The fourth-order valence-electron chi connectivity index (χ4n) is 2.33. The summed E-state index contributed by atoms with van der Waals surface area (Å²) < 4.78 is 5.59. The molecule has 2 unspecified atom stereocenters. The van der Waals surface area contributed by atoms with Gasteiger partial charge in [0, 0.05) is 25.3 Å². The molecule has 104 valence electrons. The molecule has 0 bridgehead atoms. The lowest BCUT2D eigenvalue weighted by Crippen LogP contribution is -2.32. The van der Waals surface area contributed by atoms with Crippen molar-refractivity contribution in [1.82, 2.24) is 10.3 Å². The summed E-state index contributed by atoms with van der Waals surface area (Å²) in [5.41, 5.74) is 5.92. The van der Waals surface area contributed by atoms with Crippen molar-refractivity contribution < 1.29 is 9.53 Å². The SMILES string of the molecule is CCC1OCCC1CNC(=O)c1cc(N)ncc1Cl. The predicted octanol–water partition coefficient (Wildman–Crippen LogP) is 1.86. The molecule has 1 aliphatic heterocycles. The fourth-order valence-corrected chi connectivity index (χ4v) is 2.51. The first-order valence-corrected chi connectivity index (χ1v) is 6.80. The van der Waals surface area contributed by atoms with E-state index in [0.29, 0.717) is 23.0 Å². The van der Waals surface area contributed by atoms with Crippen molar-refractivity contribution in [3.63, 3.8) is 0 Å². The van der Waals surface area contributed by atoms with Gasteiger partial charge in [0.15, 0.2) is 0 Å². The lowest BCUT2D eigenvalue weighted by atomic mass is 9.99. The number of rotatable bonds is 4. The minimum absolute atomic E-state index is 0.221. The summed E-state index contributed by atoms with van der Waals surface area (Å²) in [4.78, 5) is 15.9. The number of anilines is 1. The second kappa shape index (κ2) is 6.21. The third-order valence-electron chi connectivity index (χ3n) is 3.39. The Kier molecular flexibility index (Phi) is 4.61. The van der Waals surface area contributed by atoms with Crippen molar-refractivity contribution in [2.24, 2.45) is 5.92 Å². The Bertz CT molecular complexity index is 467. The van der Waals surface area contributed by atoms with Gasteiger partial charge in [0.1, 0.15) is 5.82 Å². The number of carbonyl (C=O) groups is 1. The van der Waals surface area contributed by atoms with E-state index in [1.54, 1.807) is 0 Å². The van der Waals surface area contributed by atoms with Crippen molar-refractivity contribution in [2.75, 3.05) is 18.9 Å². The highest BCUT2D eigenvalue weighted by Crippen LogP contribution is 2.23. The van der Waals surface area contributed by atoms with Gasteiger partial charge in [0.25, 0.3) is 5.91 Å². The van der Waals surface area contributed by atoms with Gasteiger partial charge >= 0.3 is 0 Å². The minimum Gasteiger partial charge on any atom is -0.384 e. The van der Waals surface area contributed by atoms with Crippen molar-refractivity contribution in [2.45, 2.75) is 25.9 Å². The number of halogens is 1. The molecular formula is C13H18ClN3O2. The Balaban J connectivity index is 1.96. The summed E-state index contributed by atoms with van der Waals surface area (Å²) in [5, 5.41) is 3.19. The van der Waals surface area contributed by atoms with Crippen LogP contribution in [0.4, 0.5) is 5.82 Å². The maximum Gasteiger partial charge on any atom is 0.253 e. The number of carbonyl (C=O) groups excluding carboxylic acids is 1. The number of hydrogen-bond donors (Lipinski definition) is 2. The summed E-state index contributed by atoms with van der Waals surface area (Å²) in [7, 11) is 0. The summed E-state index contributed by atoms with van der Waals surface area (Å²) in [6.45, 7) is 3.45. The van der Waals surface area contributed by atoms with Gasteiger partial charge in [-0.15, -0.1) is 0 Å². The molecule has 5 nitrogen and oxygen atoms in total. The number of nitrogens with zero attached hydrogens (tertiary/aromatic N) is 1. The van der Waals surface area contributed by atoms with Gasteiger partial charge in [-0.3, -0.25) is 4.79 Å². The Labute approximate surface area is 117 Å². The van der Waals surface area contributed by atoms with Gasteiger partial charge in [0.05, 0.1) is 16.7 Å². The molecular weight excluding hydrogens is 266 g/mol. The van der Waals surface area contributed by atoms with Crippen LogP contribution in [-0.2, 0) is 4.74 Å². The highest BCUT2D eigenvalue weighted by atomic mass is 35.5. The van der Waals surface area contributed by atoms with Crippen LogP contribution < -0.4 is 11.1 Å². The molecule has 2 heterocycles. The van der Waals surface area contributed by atoms with Crippen LogP contribution in [-0.4, -0.2) is 30.1 Å². The molecule has 6 heteroatoms. The summed E-state index contributed by atoms with van der Waals surface area (Å²) in [6, 6.07) is 1.49. The first-order valence-electron chi connectivity index (χ1n) is 6.42. The van der Waals surface area contributed by atoms with Gasteiger partial charge in [0.2, 0.25) is 0 Å². The van der Waals surface area contributed by atoms with Crippen LogP contribution in [0, 0.1) is 5.92 Å². The maximum atomic E-state index is 12.0. The maximum absolute atomic E-state index is 12.0. The van der Waals surface area contributed by atoms with Gasteiger partial charge in [-0.1, -0.05) is 18.5 Å². The third kappa shape index (κ3) is 3.36. The number of amides is 1. The van der Waals surface area contributed by atoms with Crippen LogP contribution >= 0.6 is 11.6 Å². The summed E-state index contributed by atoms with van der Waals surface area (Å²) in [6.07, 6.45) is 3.56. The van der Waals surface area contributed by atoms with Crippen LogP contribution in [0.5, 0.6) is 0 Å². The molecule has 2 rings (SSSR count). The number of pyridine rings is 1. The number of nitrogens with one attached hydrogen (secondary N) is 1. The number of hydrogen-bond acceptors (Lipinski definition) is 4. The molecule has 1 aliphatic rings. The first-order chi connectivity index (χ1) is 9.11. The number of nitrogens with two attached hydrogens (primary N) is 1. The third-order valence-corrected chi connectivity index (χ3v) is 3.70. The quantitative estimate of drug-likeness (QED) is 0.884. The normalized spacial score (nSPS) is 22.4. The van der Waals surface area contributed by atoms with E-state index in [-0.39, 0.29) is 17.8 Å². The predicted molar refractivity (Wildman–Crippen MR) is 74.1 cm³/mol. The Morgan fingerprint density at radius 1 is 1.68 bits per heavy atom. The van der Waals surface area contributed by atoms with E-state index < -0.39 is 0 Å². The zero-order chi connectivity index (χ0) is 13.8. The van der Waals surface area contributed by atoms with E-state index >= 15 is 0 Å². The zero-order valence-corrected chi connectivity index (χ0v) is 11.6. The molecule has 0 aromatic carbocycles. The zero-order valence-electron chi connectivity index (χ0n) is 10.9. The van der Waals surface area contributed by atoms with Crippen LogP contribution in [0.3, 0.4) is 0 Å². The average Bonchev–Trinajstić information content (AvgIpc) is 2.86. The van der Waals surface area contributed by atoms with E-state index in [9.17, 15) is 4.79 Å². The molecule has 1 aromatic heterocycles. The molecule has 0 saturated carbocycles. The van der Waals surface area contributed by atoms with Crippen molar-refractivity contribution >= 4 is 23.3 Å². The van der Waals surface area contributed by atoms with Crippen molar-refractivity contribution in [1.29, 1.82) is 0 Å². The topological polar surface area (TPSA) is 77.2 Å². The molecule has 0 spiro atoms. The van der Waals surface area contributed by atoms with Crippen LogP contribution in [0.25, 0.3) is 0 Å². The summed E-state index contributed by atoms with van der Waals surface area (Å²) in [5.74, 6) is 0.429. The van der Waals surface area contributed by atoms with Gasteiger partial charge in [-0.05, 0) is 18.9 Å². The molecule has 3 N–H and O–H groups in total. The smallest absolute Gasteiger partial charge is 0.253 e. The lowest BCUT2D eigenvalue weighted by molar-refractivity contribution is 0.0827. The molecule has 1 amide bonds. The Hall–Kier alpha value is -1.33. The molecule has 19 heavy (non-hydrogen) atoms. The van der Waals surface area contributed by atoms with Gasteiger partial charge in [-0.2, -0.15) is 0 Å². The highest BCUT2D eigenvalue weighted by molar-refractivity contribution is 6.33. The van der Waals surface area contributed by atoms with E-state index in [4.69, 9.17) is 22.1 Å². The highest BCUT2D eigenvalue weighted by Gasteiger charge is 2.27. The van der Waals surface area contributed by atoms with Crippen LogP contribution in [0.2, 0.25) is 5.02 Å². The van der Waals surface area contributed by atoms with Crippen molar-refractivity contribution in [3.8, 4) is 0 Å². The van der Waals surface area contributed by atoms with Crippen LogP contribution in [0.1, 0.15) is 30.1 Å². The molecule has 1 fully saturated rings. The van der Waals surface area contributed by atoms with Gasteiger partial charge in [-0.25, -0.2) is 4.98 Å². The molecule has 0 aliphatic carbocycles. The monoisotopic (exact) mass is 283 g/mol. The lowest BCUT2D eigenvalue weighted by Gasteiger charge is -2.17. The standard InChI is InChI=1S/C13H18ClN3O2/c1-2-11-8(3-4-19-11)6-17-13(18)9-5-12(15)16-7-10(9)14/h5,7-8,11H,2-4,6H2,1H3,(H2,15,16)(H,17,18). The summed E-state index contributed by atoms with van der Waals surface area (Å²) >= 11 is 5.94. The Morgan fingerprint density at radius 2 is 2.47 bits per heavy atom. The second-order valence-electron chi connectivity index (χ2n) is 4.67.